The molecule has 0 aliphatic carbocycles. The summed E-state index contributed by atoms with van der Waals surface area (Å²) < 4.78 is 10.4. The predicted octanol–water partition coefficient (Wildman–Crippen LogP) is 2.49. The van der Waals surface area contributed by atoms with Gasteiger partial charge in [0.05, 0.1) is 10.8 Å². The predicted molar refractivity (Wildman–Crippen MR) is 87.0 cm³/mol. The maximum absolute atomic E-state index is 12.2. The van der Waals surface area contributed by atoms with E-state index < -0.39 is 0 Å². The second-order valence-corrected chi connectivity index (χ2v) is 6.58. The Labute approximate surface area is 143 Å². The third-order valence-corrected chi connectivity index (χ3v) is 4.82. The summed E-state index contributed by atoms with van der Waals surface area (Å²) in [5.41, 5.74) is 0. The Morgan fingerprint density at radius 1 is 1.50 bits per heavy atom. The number of likely N-dealkylation sites (tertiary alicyclic amines) is 1. The summed E-state index contributed by atoms with van der Waals surface area (Å²) in [5, 5.41) is 5.80. The van der Waals surface area contributed by atoms with Crippen LogP contribution in [0.15, 0.2) is 22.0 Å². The zero-order valence-corrected chi connectivity index (χ0v) is 14.3. The second-order valence-electron chi connectivity index (χ2n) is 5.63. The fraction of sp³-hybridized carbons (Fsp3) is 0.500. The SMILES string of the molecule is CCC(=O)N1CCCC(C(=O)OCc2nc(-c3cccs3)no2)C1. The van der Waals surface area contributed by atoms with Crippen LogP contribution in [0.5, 0.6) is 0 Å². The van der Waals surface area contributed by atoms with Crippen molar-refractivity contribution in [3.05, 3.63) is 23.4 Å². The number of rotatable bonds is 5. The smallest absolute Gasteiger partial charge is 0.311 e. The summed E-state index contributed by atoms with van der Waals surface area (Å²) in [7, 11) is 0. The number of nitrogens with zero attached hydrogens (tertiary/aromatic N) is 3. The van der Waals surface area contributed by atoms with E-state index in [-0.39, 0.29) is 30.3 Å². The highest BCUT2D eigenvalue weighted by molar-refractivity contribution is 7.13. The molecule has 0 radical (unpaired) electrons. The lowest BCUT2D eigenvalue weighted by atomic mass is 9.98. The number of esters is 1. The minimum atomic E-state index is -0.320. The lowest BCUT2D eigenvalue weighted by molar-refractivity contribution is -0.153. The highest BCUT2D eigenvalue weighted by atomic mass is 32.1. The van der Waals surface area contributed by atoms with Gasteiger partial charge in [-0.1, -0.05) is 18.1 Å². The molecular formula is C16H19N3O4S. The van der Waals surface area contributed by atoms with Gasteiger partial charge in [-0.15, -0.1) is 11.3 Å². The fourth-order valence-corrected chi connectivity index (χ4v) is 3.34. The maximum atomic E-state index is 12.2. The van der Waals surface area contributed by atoms with Gasteiger partial charge in [0.15, 0.2) is 6.61 Å². The summed E-state index contributed by atoms with van der Waals surface area (Å²) >= 11 is 1.51. The fourth-order valence-electron chi connectivity index (χ4n) is 2.69. The van der Waals surface area contributed by atoms with Gasteiger partial charge in [0.2, 0.25) is 11.7 Å². The number of hydrogen-bond acceptors (Lipinski definition) is 7. The van der Waals surface area contributed by atoms with Crippen molar-refractivity contribution in [3.8, 4) is 10.7 Å². The molecule has 3 heterocycles. The van der Waals surface area contributed by atoms with Crippen LogP contribution < -0.4 is 0 Å². The number of piperidine rings is 1. The third kappa shape index (κ3) is 3.81. The highest BCUT2D eigenvalue weighted by Gasteiger charge is 2.29. The molecule has 2 aromatic heterocycles. The quantitative estimate of drug-likeness (QED) is 0.771. The van der Waals surface area contributed by atoms with Gasteiger partial charge < -0.3 is 14.2 Å². The summed E-state index contributed by atoms with van der Waals surface area (Å²) in [6.45, 7) is 2.92. The Bertz CT molecular complexity index is 698. The Balaban J connectivity index is 1.53. The molecule has 1 amide bonds. The zero-order chi connectivity index (χ0) is 16.9. The largest absolute Gasteiger partial charge is 0.455 e. The normalized spacial score (nSPS) is 17.7. The molecular weight excluding hydrogens is 330 g/mol. The molecule has 3 rings (SSSR count). The zero-order valence-electron chi connectivity index (χ0n) is 13.4. The van der Waals surface area contributed by atoms with Crippen molar-refractivity contribution in [1.29, 1.82) is 0 Å². The first kappa shape index (κ1) is 16.6. The van der Waals surface area contributed by atoms with Crippen LogP contribution >= 0.6 is 11.3 Å². The summed E-state index contributed by atoms with van der Waals surface area (Å²) in [6, 6.07) is 3.80. The van der Waals surface area contributed by atoms with Crippen LogP contribution in [-0.4, -0.2) is 40.0 Å². The van der Waals surface area contributed by atoms with Crippen LogP contribution in [0.2, 0.25) is 0 Å². The van der Waals surface area contributed by atoms with Crippen LogP contribution in [0.1, 0.15) is 32.1 Å². The number of hydrogen-bond donors (Lipinski definition) is 0. The molecule has 1 saturated heterocycles. The maximum Gasteiger partial charge on any atom is 0.311 e. The van der Waals surface area contributed by atoms with E-state index >= 15 is 0 Å². The van der Waals surface area contributed by atoms with E-state index in [1.807, 2.05) is 24.4 Å². The molecule has 0 N–H and O–H groups in total. The van der Waals surface area contributed by atoms with Crippen LogP contribution in [0, 0.1) is 5.92 Å². The molecule has 128 valence electrons. The Morgan fingerprint density at radius 2 is 2.38 bits per heavy atom. The molecule has 1 fully saturated rings. The standard InChI is InChI=1S/C16H19N3O4S/c1-2-14(20)19-7-3-5-11(9-19)16(21)22-10-13-17-15(18-23-13)12-6-4-8-24-12/h4,6,8,11H,2-3,5,7,9-10H2,1H3. The average molecular weight is 349 g/mol. The number of thiophene rings is 1. The van der Waals surface area contributed by atoms with Crippen molar-refractivity contribution in [2.75, 3.05) is 13.1 Å². The van der Waals surface area contributed by atoms with Gasteiger partial charge in [-0.2, -0.15) is 4.98 Å². The van der Waals surface area contributed by atoms with E-state index in [0.717, 1.165) is 17.7 Å². The van der Waals surface area contributed by atoms with E-state index in [1.54, 1.807) is 4.90 Å². The molecule has 0 bridgehead atoms. The Kier molecular flexibility index (Phi) is 5.24. The van der Waals surface area contributed by atoms with Gasteiger partial charge >= 0.3 is 5.97 Å². The van der Waals surface area contributed by atoms with Crippen molar-refractivity contribution in [1.82, 2.24) is 15.0 Å². The molecule has 0 spiro atoms. The summed E-state index contributed by atoms with van der Waals surface area (Å²) in [6.07, 6.45) is 2.00. The van der Waals surface area contributed by atoms with E-state index in [2.05, 4.69) is 10.1 Å². The number of ether oxygens (including phenoxy) is 1. The lowest BCUT2D eigenvalue weighted by Gasteiger charge is -2.31. The number of amides is 1. The first-order valence-electron chi connectivity index (χ1n) is 7.98. The van der Waals surface area contributed by atoms with Gasteiger partial charge in [-0.3, -0.25) is 9.59 Å². The minimum absolute atomic E-state index is 0.0462. The summed E-state index contributed by atoms with van der Waals surface area (Å²) in [4.78, 5) is 30.8. The molecule has 7 nitrogen and oxygen atoms in total. The average Bonchev–Trinajstić information content (AvgIpc) is 3.30. The monoisotopic (exact) mass is 349 g/mol. The van der Waals surface area contributed by atoms with Crippen LogP contribution in [-0.2, 0) is 20.9 Å². The molecule has 0 saturated carbocycles. The third-order valence-electron chi connectivity index (χ3n) is 3.96. The van der Waals surface area contributed by atoms with Gasteiger partial charge in [-0.25, -0.2) is 0 Å². The number of aromatic nitrogens is 2. The van der Waals surface area contributed by atoms with Gasteiger partial charge in [-0.05, 0) is 24.3 Å². The molecule has 24 heavy (non-hydrogen) atoms. The van der Waals surface area contributed by atoms with Gasteiger partial charge in [0.1, 0.15) is 0 Å². The van der Waals surface area contributed by atoms with Crippen molar-refractivity contribution < 1.29 is 18.8 Å². The van der Waals surface area contributed by atoms with Crippen molar-refractivity contribution in [3.63, 3.8) is 0 Å². The number of carbonyl (C=O) groups is 2. The van der Waals surface area contributed by atoms with E-state index in [4.69, 9.17) is 9.26 Å². The molecule has 1 unspecified atom stereocenters. The molecule has 1 aliphatic heterocycles. The van der Waals surface area contributed by atoms with Gasteiger partial charge in [0.25, 0.3) is 5.89 Å². The van der Waals surface area contributed by atoms with E-state index in [0.29, 0.717) is 25.3 Å². The summed E-state index contributed by atoms with van der Waals surface area (Å²) in [5.74, 6) is 0.232. The van der Waals surface area contributed by atoms with E-state index in [1.165, 1.54) is 11.3 Å². The number of carbonyl (C=O) groups excluding carboxylic acids is 2. The van der Waals surface area contributed by atoms with Crippen molar-refractivity contribution >= 4 is 23.2 Å². The molecule has 2 aromatic rings. The van der Waals surface area contributed by atoms with E-state index in [9.17, 15) is 9.59 Å². The van der Waals surface area contributed by atoms with Crippen molar-refractivity contribution in [2.24, 2.45) is 5.92 Å². The molecule has 1 aliphatic rings. The topological polar surface area (TPSA) is 85.5 Å². The molecule has 8 heteroatoms. The Morgan fingerprint density at radius 3 is 3.12 bits per heavy atom. The van der Waals surface area contributed by atoms with Crippen LogP contribution in [0.3, 0.4) is 0 Å². The molecule has 1 atom stereocenters. The highest BCUT2D eigenvalue weighted by Crippen LogP contribution is 2.22. The lowest BCUT2D eigenvalue weighted by Crippen LogP contribution is -2.42. The molecule has 0 aromatic carbocycles. The first-order valence-corrected chi connectivity index (χ1v) is 8.86. The minimum Gasteiger partial charge on any atom is -0.455 e. The Hall–Kier alpha value is -2.22. The van der Waals surface area contributed by atoms with Crippen molar-refractivity contribution in [2.45, 2.75) is 32.8 Å². The second kappa shape index (κ2) is 7.57. The van der Waals surface area contributed by atoms with Gasteiger partial charge in [0, 0.05) is 19.5 Å². The first-order chi connectivity index (χ1) is 11.7. The van der Waals surface area contributed by atoms with Crippen LogP contribution in [0.4, 0.5) is 0 Å². The van der Waals surface area contributed by atoms with Crippen LogP contribution in [0.25, 0.3) is 10.7 Å².